The van der Waals surface area contributed by atoms with Gasteiger partial charge in [-0.25, -0.2) is 13.1 Å². The van der Waals surface area contributed by atoms with Gasteiger partial charge < -0.3 is 4.90 Å². The van der Waals surface area contributed by atoms with Crippen molar-refractivity contribution in [2.45, 2.75) is 30.6 Å². The molecule has 2 heterocycles. The average Bonchev–Trinajstić information content (AvgIpc) is 3.39. The molecule has 2 aliphatic rings. The van der Waals surface area contributed by atoms with Crippen LogP contribution in [-0.4, -0.2) is 69.9 Å². The Hall–Kier alpha value is -3.11. The van der Waals surface area contributed by atoms with Crippen molar-refractivity contribution >= 4 is 15.9 Å². The molecule has 166 valence electrons. The van der Waals surface area contributed by atoms with Crippen molar-refractivity contribution in [3.8, 4) is 5.69 Å². The fourth-order valence-electron chi connectivity index (χ4n) is 4.39. The fraction of sp³-hybridized carbons (Fsp3) is 0.364. The minimum atomic E-state index is -3.58. The number of hydrogen-bond donors (Lipinski definition) is 0. The predicted molar refractivity (Wildman–Crippen MR) is 117 cm³/mol. The van der Waals surface area contributed by atoms with Crippen molar-refractivity contribution < 1.29 is 13.2 Å². The molecule has 0 saturated carbocycles. The maximum Gasteiger partial charge on any atom is 0.254 e. The van der Waals surface area contributed by atoms with Gasteiger partial charge in [0.25, 0.3) is 5.91 Å². The van der Waals surface area contributed by atoms with Gasteiger partial charge in [0, 0.05) is 31.7 Å². The summed E-state index contributed by atoms with van der Waals surface area (Å²) in [7, 11) is -3.58. The number of carbonyl (C=O) groups excluding carboxylic acids is 1. The number of piperazine rings is 1. The first kappa shape index (κ1) is 20.8. The summed E-state index contributed by atoms with van der Waals surface area (Å²) in [4.78, 5) is 15.1. The number of carbonyl (C=O) groups is 1. The molecule has 1 aliphatic carbocycles. The summed E-state index contributed by atoms with van der Waals surface area (Å²) in [6.07, 6.45) is 5.68. The van der Waals surface area contributed by atoms with Crippen LogP contribution in [0.15, 0.2) is 53.7 Å². The molecule has 2 aromatic carbocycles. The van der Waals surface area contributed by atoms with E-state index in [0.717, 1.165) is 31.2 Å². The lowest BCUT2D eigenvalue weighted by Gasteiger charge is -2.34. The Morgan fingerprint density at radius 3 is 2.44 bits per heavy atom. The molecule has 0 radical (unpaired) electrons. The summed E-state index contributed by atoms with van der Waals surface area (Å²) in [5.74, 6) is -0.134. The monoisotopic (exact) mass is 452 g/mol. The molecule has 0 N–H and O–H groups in total. The zero-order chi connectivity index (χ0) is 22.1. The number of hydrogen-bond acceptors (Lipinski definition) is 6. The first-order valence-corrected chi connectivity index (χ1v) is 12.2. The lowest BCUT2D eigenvalue weighted by Crippen LogP contribution is -2.50. The van der Waals surface area contributed by atoms with Crippen LogP contribution in [0, 0.1) is 0 Å². The van der Waals surface area contributed by atoms with E-state index in [0.29, 0.717) is 29.2 Å². The van der Waals surface area contributed by atoms with Crippen molar-refractivity contribution in [1.82, 2.24) is 29.4 Å². The second-order valence-corrected chi connectivity index (χ2v) is 10.1. The van der Waals surface area contributed by atoms with E-state index in [1.54, 1.807) is 29.2 Å². The summed E-state index contributed by atoms with van der Waals surface area (Å²) in [6, 6.07) is 12.6. The molecule has 1 aliphatic heterocycles. The number of benzene rings is 2. The molecule has 1 fully saturated rings. The van der Waals surface area contributed by atoms with Crippen molar-refractivity contribution in [3.05, 3.63) is 65.5 Å². The topological polar surface area (TPSA) is 101 Å². The Kier molecular flexibility index (Phi) is 5.48. The average molecular weight is 453 g/mol. The van der Waals surface area contributed by atoms with Gasteiger partial charge in [-0.05, 0) is 77.6 Å². The number of amides is 1. The fourth-order valence-corrected chi connectivity index (χ4v) is 5.87. The third-order valence-corrected chi connectivity index (χ3v) is 8.08. The zero-order valence-corrected chi connectivity index (χ0v) is 18.4. The molecule has 1 amide bonds. The smallest absolute Gasteiger partial charge is 0.254 e. The van der Waals surface area contributed by atoms with E-state index in [-0.39, 0.29) is 19.0 Å². The van der Waals surface area contributed by atoms with Crippen LogP contribution in [0.25, 0.3) is 5.69 Å². The maximum absolute atomic E-state index is 13.2. The standard InChI is InChI=1S/C22H24N6O3S/c29-22(19-6-3-7-20(14-19)28-16-23-24-25-28)26-10-12-27(13-11-26)32(30,31)21-9-8-17-4-1-2-5-18(17)15-21/h3,6-9,14-16H,1-2,4-5,10-13H2. The Morgan fingerprint density at radius 2 is 1.69 bits per heavy atom. The van der Waals surface area contributed by atoms with Crippen molar-refractivity contribution in [3.63, 3.8) is 0 Å². The molecule has 0 unspecified atom stereocenters. The molecule has 9 nitrogen and oxygen atoms in total. The highest BCUT2D eigenvalue weighted by molar-refractivity contribution is 7.89. The van der Waals surface area contributed by atoms with Gasteiger partial charge in [0.15, 0.2) is 0 Å². The normalized spacial score (nSPS) is 17.2. The molecule has 0 spiro atoms. The van der Waals surface area contributed by atoms with Crippen molar-refractivity contribution in [1.29, 1.82) is 0 Å². The van der Waals surface area contributed by atoms with Gasteiger partial charge in [-0.15, -0.1) is 5.10 Å². The van der Waals surface area contributed by atoms with Crippen molar-refractivity contribution in [2.75, 3.05) is 26.2 Å². The van der Waals surface area contributed by atoms with Crippen molar-refractivity contribution in [2.24, 2.45) is 0 Å². The molecule has 3 aromatic rings. The molecular weight excluding hydrogens is 428 g/mol. The highest BCUT2D eigenvalue weighted by Gasteiger charge is 2.31. The van der Waals surface area contributed by atoms with Crippen LogP contribution in [0.3, 0.4) is 0 Å². The lowest BCUT2D eigenvalue weighted by molar-refractivity contribution is 0.0698. The van der Waals surface area contributed by atoms with Crippen LogP contribution in [0.1, 0.15) is 34.3 Å². The zero-order valence-electron chi connectivity index (χ0n) is 17.6. The van der Waals surface area contributed by atoms with Crippen LogP contribution < -0.4 is 0 Å². The van der Waals surface area contributed by atoms with Gasteiger partial charge in [0.2, 0.25) is 10.0 Å². The minimum Gasteiger partial charge on any atom is -0.336 e. The molecule has 5 rings (SSSR count). The van der Waals surface area contributed by atoms with E-state index >= 15 is 0 Å². The van der Waals surface area contributed by atoms with E-state index in [1.807, 2.05) is 18.2 Å². The quantitative estimate of drug-likeness (QED) is 0.597. The second-order valence-electron chi connectivity index (χ2n) is 8.14. The predicted octanol–water partition coefficient (Wildman–Crippen LogP) is 1.69. The third-order valence-electron chi connectivity index (χ3n) is 6.19. The van der Waals surface area contributed by atoms with Gasteiger partial charge >= 0.3 is 0 Å². The number of aryl methyl sites for hydroxylation is 2. The van der Waals surface area contributed by atoms with E-state index < -0.39 is 10.0 Å². The number of fused-ring (bicyclic) bond motifs is 1. The Bertz CT molecular complexity index is 1230. The molecule has 1 saturated heterocycles. The Morgan fingerprint density at radius 1 is 0.906 bits per heavy atom. The minimum absolute atomic E-state index is 0.134. The van der Waals surface area contributed by atoms with Crippen LogP contribution in [0.5, 0.6) is 0 Å². The molecule has 32 heavy (non-hydrogen) atoms. The summed E-state index contributed by atoms with van der Waals surface area (Å²) in [5.41, 5.74) is 3.61. The van der Waals surface area contributed by atoms with E-state index in [9.17, 15) is 13.2 Å². The molecule has 0 atom stereocenters. The number of sulfonamides is 1. The molecular formula is C22H24N6O3S. The lowest BCUT2D eigenvalue weighted by atomic mass is 9.92. The number of nitrogens with zero attached hydrogens (tertiary/aromatic N) is 6. The summed E-state index contributed by atoms with van der Waals surface area (Å²) in [5, 5.41) is 11.1. The van der Waals surface area contributed by atoms with E-state index in [4.69, 9.17) is 0 Å². The number of rotatable bonds is 4. The second kappa shape index (κ2) is 8.44. The van der Waals surface area contributed by atoms with Gasteiger partial charge in [-0.2, -0.15) is 4.31 Å². The highest BCUT2D eigenvalue weighted by Crippen LogP contribution is 2.26. The first-order valence-electron chi connectivity index (χ1n) is 10.8. The van der Waals surface area contributed by atoms with Crippen LogP contribution in [0.4, 0.5) is 0 Å². The van der Waals surface area contributed by atoms with E-state index in [1.165, 1.54) is 20.9 Å². The van der Waals surface area contributed by atoms with Crippen LogP contribution >= 0.6 is 0 Å². The Balaban J connectivity index is 1.28. The van der Waals surface area contributed by atoms with Crippen LogP contribution in [-0.2, 0) is 22.9 Å². The summed E-state index contributed by atoms with van der Waals surface area (Å²) in [6.45, 7) is 1.24. The Labute approximate surface area is 186 Å². The summed E-state index contributed by atoms with van der Waals surface area (Å²) < 4.78 is 29.4. The number of tetrazole rings is 1. The van der Waals surface area contributed by atoms with E-state index in [2.05, 4.69) is 15.5 Å². The molecule has 10 heteroatoms. The van der Waals surface area contributed by atoms with Crippen LogP contribution in [0.2, 0.25) is 0 Å². The largest absolute Gasteiger partial charge is 0.336 e. The number of aromatic nitrogens is 4. The van der Waals surface area contributed by atoms with Gasteiger partial charge in [-0.1, -0.05) is 12.1 Å². The summed E-state index contributed by atoms with van der Waals surface area (Å²) >= 11 is 0. The SMILES string of the molecule is O=C(c1cccc(-n2cnnn2)c1)N1CCN(S(=O)(=O)c2ccc3c(c2)CCCC3)CC1. The molecule has 0 bridgehead atoms. The molecule has 1 aromatic heterocycles. The third kappa shape index (κ3) is 3.91. The van der Waals surface area contributed by atoms with Gasteiger partial charge in [-0.3, -0.25) is 4.79 Å². The highest BCUT2D eigenvalue weighted by atomic mass is 32.2. The van der Waals surface area contributed by atoms with Gasteiger partial charge in [0.1, 0.15) is 6.33 Å². The maximum atomic E-state index is 13.2. The van der Waals surface area contributed by atoms with Gasteiger partial charge in [0.05, 0.1) is 10.6 Å². The first-order chi connectivity index (χ1) is 15.5.